The fourth-order valence-corrected chi connectivity index (χ4v) is 1.84. The van der Waals surface area contributed by atoms with Crippen LogP contribution in [0.25, 0.3) is 0 Å². The topological polar surface area (TPSA) is 44.8 Å². The molecule has 0 spiro atoms. The molecule has 110 valence electrons. The Kier molecular flexibility index (Phi) is 5.21. The van der Waals surface area contributed by atoms with Gasteiger partial charge in [-0.3, -0.25) is 0 Å². The number of carbonyl (C=O) groups is 1. The molecule has 0 heterocycles. The lowest BCUT2D eigenvalue weighted by Gasteiger charge is -2.09. The second-order valence-electron chi connectivity index (χ2n) is 4.39. The van der Waals surface area contributed by atoms with Gasteiger partial charge in [0.1, 0.15) is 18.1 Å². The van der Waals surface area contributed by atoms with Crippen LogP contribution < -0.4 is 9.47 Å². The third kappa shape index (κ3) is 4.24. The van der Waals surface area contributed by atoms with Gasteiger partial charge < -0.3 is 14.2 Å². The molecule has 2 aromatic carbocycles. The van der Waals surface area contributed by atoms with E-state index < -0.39 is 0 Å². The van der Waals surface area contributed by atoms with E-state index in [4.69, 9.17) is 9.47 Å². The van der Waals surface area contributed by atoms with Crippen molar-refractivity contribution in [3.8, 4) is 11.5 Å². The van der Waals surface area contributed by atoms with E-state index >= 15 is 0 Å². The molecule has 0 bridgehead atoms. The summed E-state index contributed by atoms with van der Waals surface area (Å²) in [6.07, 6.45) is 0. The summed E-state index contributed by atoms with van der Waals surface area (Å²) in [5.74, 6) is 1.20. The molecule has 0 radical (unpaired) electrons. The highest BCUT2D eigenvalue weighted by Gasteiger charge is 2.04. The Hall–Kier alpha value is -2.49. The molecule has 0 aromatic heterocycles. The lowest BCUT2D eigenvalue weighted by molar-refractivity contribution is 0.0600. The third-order valence-electron chi connectivity index (χ3n) is 2.90. The van der Waals surface area contributed by atoms with Crippen LogP contribution in [0.3, 0.4) is 0 Å². The summed E-state index contributed by atoms with van der Waals surface area (Å²) in [5.41, 5.74) is 1.50. The van der Waals surface area contributed by atoms with Crippen molar-refractivity contribution in [2.45, 2.75) is 13.5 Å². The van der Waals surface area contributed by atoms with Crippen LogP contribution in [0, 0.1) is 0 Å². The second kappa shape index (κ2) is 7.33. The summed E-state index contributed by atoms with van der Waals surface area (Å²) in [4.78, 5) is 11.3. The van der Waals surface area contributed by atoms with Gasteiger partial charge in [0.2, 0.25) is 0 Å². The minimum atomic E-state index is -0.341. The van der Waals surface area contributed by atoms with Crippen molar-refractivity contribution in [2.24, 2.45) is 0 Å². The Balaban J connectivity index is 1.96. The van der Waals surface area contributed by atoms with Gasteiger partial charge in [-0.25, -0.2) is 4.79 Å². The van der Waals surface area contributed by atoms with Crippen LogP contribution in [0.1, 0.15) is 22.8 Å². The zero-order valence-electron chi connectivity index (χ0n) is 12.2. The lowest BCUT2D eigenvalue weighted by atomic mass is 10.1. The van der Waals surface area contributed by atoms with Crippen LogP contribution in [0.2, 0.25) is 0 Å². The molecule has 21 heavy (non-hydrogen) atoms. The predicted octanol–water partition coefficient (Wildman–Crippen LogP) is 3.45. The maximum Gasteiger partial charge on any atom is 0.337 e. The van der Waals surface area contributed by atoms with Gasteiger partial charge in [-0.1, -0.05) is 18.2 Å². The van der Waals surface area contributed by atoms with E-state index in [1.807, 2.05) is 43.3 Å². The molecule has 0 saturated heterocycles. The first-order valence-corrected chi connectivity index (χ1v) is 6.76. The van der Waals surface area contributed by atoms with Gasteiger partial charge >= 0.3 is 5.97 Å². The minimum absolute atomic E-state index is 0.341. The smallest absolute Gasteiger partial charge is 0.337 e. The molecule has 0 unspecified atom stereocenters. The molecule has 0 aliphatic carbocycles. The summed E-state index contributed by atoms with van der Waals surface area (Å²) < 4.78 is 15.8. The number of rotatable bonds is 6. The molecule has 4 heteroatoms. The normalized spacial score (nSPS) is 10.0. The summed E-state index contributed by atoms with van der Waals surface area (Å²) in [5, 5.41) is 0. The first-order chi connectivity index (χ1) is 10.2. The van der Waals surface area contributed by atoms with Crippen LogP contribution in [0.15, 0.2) is 48.5 Å². The number of benzene rings is 2. The van der Waals surface area contributed by atoms with Crippen molar-refractivity contribution in [3.05, 3.63) is 59.7 Å². The standard InChI is InChI=1S/C17H18O4/c1-3-20-15-5-4-6-16(11-15)21-12-13-7-9-14(10-8-13)17(18)19-2/h4-11H,3,12H2,1-2H3. The van der Waals surface area contributed by atoms with Crippen molar-refractivity contribution >= 4 is 5.97 Å². The largest absolute Gasteiger partial charge is 0.494 e. The summed E-state index contributed by atoms with van der Waals surface area (Å²) in [6.45, 7) is 2.99. The van der Waals surface area contributed by atoms with Crippen LogP contribution in [-0.4, -0.2) is 19.7 Å². The van der Waals surface area contributed by atoms with Gasteiger partial charge in [-0.15, -0.1) is 0 Å². The van der Waals surface area contributed by atoms with Crippen LogP contribution in [0.4, 0.5) is 0 Å². The van der Waals surface area contributed by atoms with Crippen LogP contribution in [0.5, 0.6) is 11.5 Å². The van der Waals surface area contributed by atoms with Gasteiger partial charge in [0.05, 0.1) is 19.3 Å². The van der Waals surface area contributed by atoms with E-state index in [-0.39, 0.29) is 5.97 Å². The number of esters is 1. The average molecular weight is 286 g/mol. The Morgan fingerprint density at radius 1 is 1.00 bits per heavy atom. The molecule has 0 N–H and O–H groups in total. The fraction of sp³-hybridized carbons (Fsp3) is 0.235. The molecular formula is C17H18O4. The number of ether oxygens (including phenoxy) is 3. The zero-order chi connectivity index (χ0) is 15.1. The monoisotopic (exact) mass is 286 g/mol. The average Bonchev–Trinajstić information content (AvgIpc) is 2.53. The van der Waals surface area contributed by atoms with Gasteiger partial charge in [-0.05, 0) is 36.8 Å². The molecule has 0 aliphatic rings. The molecule has 0 aliphatic heterocycles. The molecule has 2 rings (SSSR count). The van der Waals surface area contributed by atoms with Crippen molar-refractivity contribution in [1.29, 1.82) is 0 Å². The number of carbonyl (C=O) groups excluding carboxylic acids is 1. The maximum absolute atomic E-state index is 11.3. The highest BCUT2D eigenvalue weighted by Crippen LogP contribution is 2.20. The van der Waals surface area contributed by atoms with E-state index in [2.05, 4.69) is 4.74 Å². The first-order valence-electron chi connectivity index (χ1n) is 6.76. The summed E-state index contributed by atoms with van der Waals surface area (Å²) >= 11 is 0. The van der Waals surface area contributed by atoms with Crippen molar-refractivity contribution in [3.63, 3.8) is 0 Å². The Bertz CT molecular complexity index is 590. The summed E-state index contributed by atoms with van der Waals surface area (Å²) in [7, 11) is 1.37. The van der Waals surface area contributed by atoms with Gasteiger partial charge in [-0.2, -0.15) is 0 Å². The van der Waals surface area contributed by atoms with E-state index in [1.165, 1.54) is 7.11 Å². The quantitative estimate of drug-likeness (QED) is 0.763. The van der Waals surface area contributed by atoms with Gasteiger partial charge in [0.25, 0.3) is 0 Å². The molecule has 2 aromatic rings. The second-order valence-corrected chi connectivity index (χ2v) is 4.39. The molecule has 0 saturated carbocycles. The number of hydrogen-bond acceptors (Lipinski definition) is 4. The fourth-order valence-electron chi connectivity index (χ4n) is 1.84. The SMILES string of the molecule is CCOc1cccc(OCc2ccc(C(=O)OC)cc2)c1. The zero-order valence-corrected chi connectivity index (χ0v) is 12.2. The Morgan fingerprint density at radius 2 is 1.67 bits per heavy atom. The molecule has 0 atom stereocenters. The highest BCUT2D eigenvalue weighted by atomic mass is 16.5. The maximum atomic E-state index is 11.3. The minimum Gasteiger partial charge on any atom is -0.494 e. The molecule has 4 nitrogen and oxygen atoms in total. The van der Waals surface area contributed by atoms with Crippen LogP contribution in [-0.2, 0) is 11.3 Å². The Labute approximate surface area is 124 Å². The van der Waals surface area contributed by atoms with E-state index in [0.29, 0.717) is 18.8 Å². The van der Waals surface area contributed by atoms with E-state index in [0.717, 1.165) is 17.1 Å². The van der Waals surface area contributed by atoms with Crippen molar-refractivity contribution in [1.82, 2.24) is 0 Å². The van der Waals surface area contributed by atoms with Crippen molar-refractivity contribution < 1.29 is 19.0 Å². The van der Waals surface area contributed by atoms with Gasteiger partial charge in [0, 0.05) is 6.07 Å². The van der Waals surface area contributed by atoms with Crippen LogP contribution >= 0.6 is 0 Å². The Morgan fingerprint density at radius 3 is 2.29 bits per heavy atom. The predicted molar refractivity (Wildman–Crippen MR) is 79.7 cm³/mol. The first kappa shape index (κ1) is 14.9. The number of methoxy groups -OCH3 is 1. The van der Waals surface area contributed by atoms with Gasteiger partial charge in [0.15, 0.2) is 0 Å². The van der Waals surface area contributed by atoms with E-state index in [1.54, 1.807) is 12.1 Å². The van der Waals surface area contributed by atoms with Crippen molar-refractivity contribution in [2.75, 3.05) is 13.7 Å². The van der Waals surface area contributed by atoms with E-state index in [9.17, 15) is 4.79 Å². The number of hydrogen-bond donors (Lipinski definition) is 0. The lowest BCUT2D eigenvalue weighted by Crippen LogP contribution is -2.02. The summed E-state index contributed by atoms with van der Waals surface area (Å²) in [6, 6.07) is 14.7. The molecular weight excluding hydrogens is 268 g/mol. The third-order valence-corrected chi connectivity index (χ3v) is 2.90. The molecule has 0 fully saturated rings. The molecule has 0 amide bonds. The highest BCUT2D eigenvalue weighted by molar-refractivity contribution is 5.89.